The van der Waals surface area contributed by atoms with Crippen LogP contribution in [0.5, 0.6) is 0 Å². The largest absolute Gasteiger partial charge is 0.330 e. The van der Waals surface area contributed by atoms with Crippen molar-refractivity contribution in [1.82, 2.24) is 4.90 Å². The van der Waals surface area contributed by atoms with E-state index in [4.69, 9.17) is 5.73 Å². The molecule has 0 heterocycles. The highest BCUT2D eigenvalue weighted by molar-refractivity contribution is 5.33. The Kier molecular flexibility index (Phi) is 4.97. The molecule has 0 fully saturated rings. The minimum absolute atomic E-state index is 0.564. The lowest BCUT2D eigenvalue weighted by atomic mass is 10.0. The molecular formula is C14H24N2. The fourth-order valence-corrected chi connectivity index (χ4v) is 2.04. The Bertz CT molecular complexity index is 313. The highest BCUT2D eigenvalue weighted by Crippen LogP contribution is 2.15. The third-order valence-corrected chi connectivity index (χ3v) is 3.10. The molecule has 16 heavy (non-hydrogen) atoms. The van der Waals surface area contributed by atoms with E-state index < -0.39 is 0 Å². The van der Waals surface area contributed by atoms with Gasteiger partial charge in [-0.2, -0.15) is 0 Å². The lowest BCUT2D eigenvalue weighted by Crippen LogP contribution is -2.28. The second kappa shape index (κ2) is 6.02. The molecule has 0 saturated carbocycles. The molecule has 0 aliphatic carbocycles. The molecule has 1 aromatic carbocycles. The Morgan fingerprint density at radius 3 is 2.31 bits per heavy atom. The summed E-state index contributed by atoms with van der Waals surface area (Å²) >= 11 is 0. The number of benzene rings is 1. The quantitative estimate of drug-likeness (QED) is 0.825. The molecular weight excluding hydrogens is 196 g/mol. The van der Waals surface area contributed by atoms with Crippen molar-refractivity contribution in [3.63, 3.8) is 0 Å². The fraction of sp³-hybridized carbons (Fsp3) is 0.571. The highest BCUT2D eigenvalue weighted by Gasteiger charge is 2.08. The molecule has 0 amide bonds. The molecule has 0 aliphatic rings. The maximum atomic E-state index is 5.65. The molecule has 1 unspecified atom stereocenters. The summed E-state index contributed by atoms with van der Waals surface area (Å²) in [5, 5.41) is 0. The van der Waals surface area contributed by atoms with Crippen LogP contribution in [0.15, 0.2) is 18.2 Å². The second-order valence-electron chi connectivity index (χ2n) is 4.91. The van der Waals surface area contributed by atoms with Crippen LogP contribution in [0.2, 0.25) is 0 Å². The predicted molar refractivity (Wildman–Crippen MR) is 70.5 cm³/mol. The van der Waals surface area contributed by atoms with Crippen molar-refractivity contribution in [1.29, 1.82) is 0 Å². The molecule has 2 nitrogen and oxygen atoms in total. The van der Waals surface area contributed by atoms with Gasteiger partial charge in [0.25, 0.3) is 0 Å². The smallest absolute Gasteiger partial charge is 0.0236 e. The van der Waals surface area contributed by atoms with E-state index in [1.807, 2.05) is 0 Å². The van der Waals surface area contributed by atoms with Gasteiger partial charge in [0.2, 0.25) is 0 Å². The average Bonchev–Trinajstić information content (AvgIpc) is 2.23. The van der Waals surface area contributed by atoms with Crippen LogP contribution in [0, 0.1) is 19.8 Å². The van der Waals surface area contributed by atoms with E-state index in [0.717, 1.165) is 19.6 Å². The Balaban J connectivity index is 2.66. The zero-order valence-corrected chi connectivity index (χ0v) is 11.0. The van der Waals surface area contributed by atoms with Crippen LogP contribution in [-0.2, 0) is 6.54 Å². The van der Waals surface area contributed by atoms with Gasteiger partial charge >= 0.3 is 0 Å². The first kappa shape index (κ1) is 13.2. The normalized spacial score (nSPS) is 13.1. The topological polar surface area (TPSA) is 29.3 Å². The van der Waals surface area contributed by atoms with Gasteiger partial charge in [0, 0.05) is 13.1 Å². The van der Waals surface area contributed by atoms with Crippen molar-refractivity contribution >= 4 is 0 Å². The summed E-state index contributed by atoms with van der Waals surface area (Å²) < 4.78 is 0. The van der Waals surface area contributed by atoms with E-state index >= 15 is 0 Å². The Labute approximate surface area is 99.5 Å². The lowest BCUT2D eigenvalue weighted by Gasteiger charge is -2.22. The minimum atomic E-state index is 0.564. The van der Waals surface area contributed by atoms with Gasteiger partial charge in [-0.25, -0.2) is 0 Å². The molecule has 2 N–H and O–H groups in total. The van der Waals surface area contributed by atoms with Gasteiger partial charge in [-0.15, -0.1) is 0 Å². The van der Waals surface area contributed by atoms with Gasteiger partial charge in [0.1, 0.15) is 0 Å². The number of rotatable bonds is 5. The van der Waals surface area contributed by atoms with Crippen LogP contribution >= 0.6 is 0 Å². The summed E-state index contributed by atoms with van der Waals surface area (Å²) in [6, 6.07) is 6.49. The molecule has 2 heteroatoms. The van der Waals surface area contributed by atoms with Crippen molar-refractivity contribution in [3.8, 4) is 0 Å². The summed E-state index contributed by atoms with van der Waals surface area (Å²) in [5.74, 6) is 0.564. The predicted octanol–water partition coefficient (Wildman–Crippen LogP) is 2.33. The minimum Gasteiger partial charge on any atom is -0.330 e. The van der Waals surface area contributed by atoms with E-state index in [0.29, 0.717) is 5.92 Å². The first-order valence-corrected chi connectivity index (χ1v) is 5.98. The molecule has 90 valence electrons. The maximum absolute atomic E-state index is 5.65. The third-order valence-electron chi connectivity index (χ3n) is 3.10. The Hall–Kier alpha value is -0.860. The van der Waals surface area contributed by atoms with Crippen molar-refractivity contribution in [3.05, 3.63) is 34.9 Å². The van der Waals surface area contributed by atoms with Crippen LogP contribution in [0.25, 0.3) is 0 Å². The van der Waals surface area contributed by atoms with Gasteiger partial charge < -0.3 is 10.6 Å². The molecule has 0 saturated heterocycles. The molecule has 0 spiro atoms. The SMILES string of the molecule is Cc1cccc(C)c1CN(C)CC(C)CN. The van der Waals surface area contributed by atoms with Gasteiger partial charge in [-0.1, -0.05) is 25.1 Å². The molecule has 0 radical (unpaired) electrons. The third kappa shape index (κ3) is 3.62. The maximum Gasteiger partial charge on any atom is 0.0236 e. The van der Waals surface area contributed by atoms with E-state index in [1.54, 1.807) is 0 Å². The number of hydrogen-bond donors (Lipinski definition) is 1. The summed E-state index contributed by atoms with van der Waals surface area (Å²) in [6.07, 6.45) is 0. The fourth-order valence-electron chi connectivity index (χ4n) is 2.04. The average molecular weight is 220 g/mol. The van der Waals surface area contributed by atoms with Crippen LogP contribution in [0.1, 0.15) is 23.6 Å². The number of aryl methyl sites for hydroxylation is 2. The molecule has 0 aromatic heterocycles. The zero-order chi connectivity index (χ0) is 12.1. The number of hydrogen-bond acceptors (Lipinski definition) is 2. The van der Waals surface area contributed by atoms with E-state index in [9.17, 15) is 0 Å². The van der Waals surface area contributed by atoms with E-state index in [1.165, 1.54) is 16.7 Å². The molecule has 0 aliphatic heterocycles. The van der Waals surface area contributed by atoms with Crippen molar-refractivity contribution in [2.24, 2.45) is 11.7 Å². The highest BCUT2D eigenvalue weighted by atomic mass is 15.1. The first-order valence-electron chi connectivity index (χ1n) is 5.98. The van der Waals surface area contributed by atoms with Crippen LogP contribution in [0.3, 0.4) is 0 Å². The summed E-state index contributed by atoms with van der Waals surface area (Å²) in [6.45, 7) is 9.40. The van der Waals surface area contributed by atoms with Crippen LogP contribution in [-0.4, -0.2) is 25.0 Å². The van der Waals surface area contributed by atoms with Crippen molar-refractivity contribution in [2.75, 3.05) is 20.1 Å². The summed E-state index contributed by atoms with van der Waals surface area (Å²) in [5.41, 5.74) is 9.86. The first-order chi connectivity index (χ1) is 7.54. The standard InChI is InChI=1S/C14H24N2/c1-11(8-15)9-16(4)10-14-12(2)6-5-7-13(14)3/h5-7,11H,8-10,15H2,1-4H3. The van der Waals surface area contributed by atoms with Gasteiger partial charge in [-0.05, 0) is 50.0 Å². The molecule has 1 rings (SSSR count). The van der Waals surface area contributed by atoms with Crippen molar-refractivity contribution < 1.29 is 0 Å². The van der Waals surface area contributed by atoms with E-state index in [2.05, 4.69) is 50.9 Å². The van der Waals surface area contributed by atoms with Crippen LogP contribution < -0.4 is 5.73 Å². The van der Waals surface area contributed by atoms with Crippen molar-refractivity contribution in [2.45, 2.75) is 27.3 Å². The number of nitrogens with two attached hydrogens (primary N) is 1. The number of nitrogens with zero attached hydrogens (tertiary/aromatic N) is 1. The Morgan fingerprint density at radius 2 is 1.81 bits per heavy atom. The summed E-state index contributed by atoms with van der Waals surface area (Å²) in [4.78, 5) is 2.35. The van der Waals surface area contributed by atoms with Gasteiger partial charge in [-0.3, -0.25) is 0 Å². The second-order valence-corrected chi connectivity index (χ2v) is 4.91. The van der Waals surface area contributed by atoms with E-state index in [-0.39, 0.29) is 0 Å². The van der Waals surface area contributed by atoms with Gasteiger partial charge in [0.05, 0.1) is 0 Å². The summed E-state index contributed by atoms with van der Waals surface area (Å²) in [7, 11) is 2.16. The molecule has 1 aromatic rings. The van der Waals surface area contributed by atoms with Crippen LogP contribution in [0.4, 0.5) is 0 Å². The monoisotopic (exact) mass is 220 g/mol. The zero-order valence-electron chi connectivity index (χ0n) is 11.0. The Morgan fingerprint density at radius 1 is 1.25 bits per heavy atom. The van der Waals surface area contributed by atoms with Gasteiger partial charge in [0.15, 0.2) is 0 Å². The lowest BCUT2D eigenvalue weighted by molar-refractivity contribution is 0.281. The molecule has 0 bridgehead atoms. The molecule has 1 atom stereocenters.